The van der Waals surface area contributed by atoms with Gasteiger partial charge in [-0.1, -0.05) is 12.1 Å². The fourth-order valence-corrected chi connectivity index (χ4v) is 2.04. The minimum Gasteiger partial charge on any atom is -0.382 e. The van der Waals surface area contributed by atoms with Crippen LogP contribution < -0.4 is 10.6 Å². The molecule has 2 N–H and O–H groups in total. The minimum absolute atomic E-state index is 0.268. The molecule has 0 aliphatic rings. The molecule has 0 fully saturated rings. The van der Waals surface area contributed by atoms with Crippen LogP contribution in [0.25, 0.3) is 0 Å². The van der Waals surface area contributed by atoms with E-state index in [4.69, 9.17) is 9.47 Å². The fourth-order valence-electron chi connectivity index (χ4n) is 2.04. The van der Waals surface area contributed by atoms with E-state index in [9.17, 15) is 13.2 Å². The average molecular weight is 361 g/mol. The topological polar surface area (TPSA) is 54.9 Å². The van der Waals surface area contributed by atoms with E-state index < -0.39 is 11.7 Å². The summed E-state index contributed by atoms with van der Waals surface area (Å²) in [6.45, 7) is 2.81. The summed E-state index contributed by atoms with van der Waals surface area (Å²) in [4.78, 5) is 4.06. The van der Waals surface area contributed by atoms with Crippen LogP contribution in [0, 0.1) is 0 Å². The zero-order chi connectivity index (χ0) is 18.5. The third-order valence-corrected chi connectivity index (χ3v) is 3.38. The van der Waals surface area contributed by atoms with Gasteiger partial charge in [-0.15, -0.1) is 0 Å². The second kappa shape index (κ2) is 11.7. The second-order valence-corrected chi connectivity index (χ2v) is 5.36. The summed E-state index contributed by atoms with van der Waals surface area (Å²) in [5, 5.41) is 6.13. The molecule has 0 saturated carbocycles. The van der Waals surface area contributed by atoms with Crippen LogP contribution in [0.2, 0.25) is 0 Å². The van der Waals surface area contributed by atoms with E-state index in [1.54, 1.807) is 20.2 Å². The smallest absolute Gasteiger partial charge is 0.382 e. The van der Waals surface area contributed by atoms with Crippen LogP contribution in [-0.4, -0.2) is 46.5 Å². The normalized spacial score (nSPS) is 12.3. The van der Waals surface area contributed by atoms with Crippen LogP contribution in [0.4, 0.5) is 13.2 Å². The van der Waals surface area contributed by atoms with Gasteiger partial charge in [0.15, 0.2) is 5.96 Å². The molecular formula is C17H26F3N3O2. The van der Waals surface area contributed by atoms with Gasteiger partial charge in [0.25, 0.3) is 0 Å². The Kier molecular flexibility index (Phi) is 9.94. The average Bonchev–Trinajstić information content (AvgIpc) is 2.59. The lowest BCUT2D eigenvalue weighted by molar-refractivity contribution is -0.137. The molecule has 25 heavy (non-hydrogen) atoms. The molecule has 0 saturated heterocycles. The lowest BCUT2D eigenvalue weighted by Crippen LogP contribution is -2.37. The Morgan fingerprint density at radius 1 is 1.12 bits per heavy atom. The van der Waals surface area contributed by atoms with Gasteiger partial charge in [-0.3, -0.25) is 4.99 Å². The summed E-state index contributed by atoms with van der Waals surface area (Å²) >= 11 is 0. The maximum atomic E-state index is 12.7. The van der Waals surface area contributed by atoms with Crippen molar-refractivity contribution in [1.82, 2.24) is 10.6 Å². The Labute approximate surface area is 146 Å². The van der Waals surface area contributed by atoms with Crippen LogP contribution in [0.5, 0.6) is 0 Å². The molecule has 0 heterocycles. The standard InChI is InChI=1S/C17H26F3N3O2/c1-21-16(22-8-3-4-9-25-11-10-24-2)23-13-14-6-5-7-15(12-14)17(18,19)20/h5-7,12H,3-4,8-11,13H2,1-2H3,(H2,21,22,23). The van der Waals surface area contributed by atoms with Crippen LogP contribution in [0.3, 0.4) is 0 Å². The molecule has 0 spiro atoms. The first-order valence-corrected chi connectivity index (χ1v) is 8.14. The number of rotatable bonds is 10. The van der Waals surface area contributed by atoms with Gasteiger partial charge in [-0.05, 0) is 30.5 Å². The molecule has 142 valence electrons. The summed E-state index contributed by atoms with van der Waals surface area (Å²) in [5.74, 6) is 0.553. The number of nitrogens with zero attached hydrogens (tertiary/aromatic N) is 1. The van der Waals surface area contributed by atoms with Gasteiger partial charge in [0, 0.05) is 33.9 Å². The van der Waals surface area contributed by atoms with Crippen molar-refractivity contribution in [2.45, 2.75) is 25.6 Å². The van der Waals surface area contributed by atoms with Crippen molar-refractivity contribution in [3.05, 3.63) is 35.4 Å². The number of alkyl halides is 3. The number of nitrogens with one attached hydrogen (secondary N) is 2. The molecular weight excluding hydrogens is 335 g/mol. The first kappa shape index (κ1) is 21.2. The van der Waals surface area contributed by atoms with Crippen LogP contribution in [0.15, 0.2) is 29.3 Å². The number of aliphatic imine (C=N–C) groups is 1. The van der Waals surface area contributed by atoms with E-state index in [0.29, 0.717) is 37.9 Å². The largest absolute Gasteiger partial charge is 0.416 e. The van der Waals surface area contributed by atoms with Crippen molar-refractivity contribution in [3.63, 3.8) is 0 Å². The van der Waals surface area contributed by atoms with Crippen molar-refractivity contribution in [2.75, 3.05) is 40.5 Å². The van der Waals surface area contributed by atoms with E-state index in [1.165, 1.54) is 6.07 Å². The van der Waals surface area contributed by atoms with Gasteiger partial charge in [-0.25, -0.2) is 0 Å². The highest BCUT2D eigenvalue weighted by Gasteiger charge is 2.30. The third kappa shape index (κ3) is 9.31. The van der Waals surface area contributed by atoms with Gasteiger partial charge < -0.3 is 20.1 Å². The third-order valence-electron chi connectivity index (χ3n) is 3.38. The van der Waals surface area contributed by atoms with Crippen LogP contribution in [-0.2, 0) is 22.2 Å². The van der Waals surface area contributed by atoms with Gasteiger partial charge in [0.1, 0.15) is 0 Å². The lowest BCUT2D eigenvalue weighted by atomic mass is 10.1. The molecule has 8 heteroatoms. The van der Waals surface area contributed by atoms with E-state index in [2.05, 4.69) is 15.6 Å². The van der Waals surface area contributed by atoms with E-state index in [1.807, 2.05) is 0 Å². The first-order chi connectivity index (χ1) is 12.0. The maximum absolute atomic E-state index is 12.7. The molecule has 1 aromatic rings. The number of hydrogen-bond acceptors (Lipinski definition) is 3. The van der Waals surface area contributed by atoms with E-state index in [0.717, 1.165) is 25.0 Å². The molecule has 0 aliphatic carbocycles. The van der Waals surface area contributed by atoms with E-state index >= 15 is 0 Å². The van der Waals surface area contributed by atoms with Crippen LogP contribution >= 0.6 is 0 Å². The number of halogens is 3. The molecule has 1 rings (SSSR count). The lowest BCUT2D eigenvalue weighted by Gasteiger charge is -2.13. The predicted molar refractivity (Wildman–Crippen MR) is 91.6 cm³/mol. The molecule has 0 bridgehead atoms. The molecule has 1 aromatic carbocycles. The molecule has 5 nitrogen and oxygen atoms in total. The second-order valence-electron chi connectivity index (χ2n) is 5.36. The Bertz CT molecular complexity index is 522. The van der Waals surface area contributed by atoms with E-state index in [-0.39, 0.29) is 6.54 Å². The number of hydrogen-bond donors (Lipinski definition) is 2. The highest BCUT2D eigenvalue weighted by Crippen LogP contribution is 2.29. The number of ether oxygens (including phenoxy) is 2. The van der Waals surface area contributed by atoms with Crippen molar-refractivity contribution < 1.29 is 22.6 Å². The van der Waals surface area contributed by atoms with Crippen molar-refractivity contribution in [3.8, 4) is 0 Å². The summed E-state index contributed by atoms with van der Waals surface area (Å²) in [6, 6.07) is 5.25. The van der Waals surface area contributed by atoms with Crippen molar-refractivity contribution in [2.24, 2.45) is 4.99 Å². The first-order valence-electron chi connectivity index (χ1n) is 8.14. The summed E-state index contributed by atoms with van der Waals surface area (Å²) < 4.78 is 48.3. The Balaban J connectivity index is 2.26. The summed E-state index contributed by atoms with van der Waals surface area (Å²) in [6.07, 6.45) is -2.53. The number of benzene rings is 1. The summed E-state index contributed by atoms with van der Waals surface area (Å²) in [5.41, 5.74) is -0.104. The number of methoxy groups -OCH3 is 1. The molecule has 0 radical (unpaired) electrons. The Morgan fingerprint density at radius 2 is 1.92 bits per heavy atom. The van der Waals surface area contributed by atoms with Crippen LogP contribution in [0.1, 0.15) is 24.0 Å². The SMILES string of the molecule is CN=C(NCCCCOCCOC)NCc1cccc(C(F)(F)F)c1. The van der Waals surface area contributed by atoms with Crippen molar-refractivity contribution in [1.29, 1.82) is 0 Å². The molecule has 0 aromatic heterocycles. The zero-order valence-corrected chi connectivity index (χ0v) is 14.7. The monoisotopic (exact) mass is 361 g/mol. The Morgan fingerprint density at radius 3 is 2.60 bits per heavy atom. The van der Waals surface area contributed by atoms with Gasteiger partial charge >= 0.3 is 6.18 Å². The van der Waals surface area contributed by atoms with Gasteiger partial charge in [-0.2, -0.15) is 13.2 Å². The minimum atomic E-state index is -4.33. The fraction of sp³-hybridized carbons (Fsp3) is 0.588. The van der Waals surface area contributed by atoms with Gasteiger partial charge in [0.2, 0.25) is 0 Å². The molecule has 0 aliphatic heterocycles. The maximum Gasteiger partial charge on any atom is 0.416 e. The van der Waals surface area contributed by atoms with Gasteiger partial charge in [0.05, 0.1) is 18.8 Å². The zero-order valence-electron chi connectivity index (χ0n) is 14.7. The number of unbranched alkanes of at least 4 members (excludes halogenated alkanes) is 1. The molecule has 0 amide bonds. The highest BCUT2D eigenvalue weighted by molar-refractivity contribution is 5.79. The summed E-state index contributed by atoms with van der Waals surface area (Å²) in [7, 11) is 3.25. The quantitative estimate of drug-likeness (QED) is 0.382. The highest BCUT2D eigenvalue weighted by atomic mass is 19.4. The van der Waals surface area contributed by atoms with Crippen molar-refractivity contribution >= 4 is 5.96 Å². The Hall–Kier alpha value is -1.80. The number of guanidine groups is 1. The molecule has 0 unspecified atom stereocenters. The molecule has 0 atom stereocenters. The predicted octanol–water partition coefficient (Wildman–Crippen LogP) is 2.81.